The van der Waals surface area contributed by atoms with E-state index in [0.717, 1.165) is 4.90 Å². The van der Waals surface area contributed by atoms with Crippen molar-refractivity contribution in [3.05, 3.63) is 63.6 Å². The number of imide groups is 1. The first-order chi connectivity index (χ1) is 12.4. The summed E-state index contributed by atoms with van der Waals surface area (Å²) in [6.07, 6.45) is 0.413. The van der Waals surface area contributed by atoms with Crippen molar-refractivity contribution >= 4 is 35.1 Å². The molecule has 1 aliphatic rings. The summed E-state index contributed by atoms with van der Waals surface area (Å²) < 4.78 is 5.16. The molecule has 2 aromatic rings. The second kappa shape index (κ2) is 7.17. The van der Waals surface area contributed by atoms with E-state index in [0.29, 0.717) is 33.3 Å². The zero-order valence-electron chi connectivity index (χ0n) is 14.4. The molecule has 1 unspecified atom stereocenters. The van der Waals surface area contributed by atoms with E-state index in [2.05, 4.69) is 5.32 Å². The number of nitrogens with zero attached hydrogens (tertiary/aromatic N) is 1. The lowest BCUT2D eigenvalue weighted by Gasteiger charge is -2.26. The molecule has 0 spiro atoms. The molecule has 2 aromatic carbocycles. The molecule has 0 radical (unpaired) electrons. The summed E-state index contributed by atoms with van der Waals surface area (Å²) >= 11 is 12.4. The summed E-state index contributed by atoms with van der Waals surface area (Å²) in [5.41, 5.74) is 0.129. The Morgan fingerprint density at radius 2 is 1.69 bits per heavy atom. The third-order valence-electron chi connectivity index (χ3n) is 4.67. The molecule has 1 fully saturated rings. The summed E-state index contributed by atoms with van der Waals surface area (Å²) in [5.74, 6) is 0.350. The minimum Gasteiger partial charge on any atom is -0.497 e. The molecule has 0 saturated carbocycles. The Hall–Kier alpha value is -2.24. The van der Waals surface area contributed by atoms with Gasteiger partial charge in [0.25, 0.3) is 5.91 Å². The Kier molecular flexibility index (Phi) is 5.12. The summed E-state index contributed by atoms with van der Waals surface area (Å²) in [6.45, 7) is 1.87. The first kappa shape index (κ1) is 18.5. The lowest BCUT2D eigenvalue weighted by Crippen LogP contribution is -2.43. The maximum Gasteiger partial charge on any atom is 0.325 e. The van der Waals surface area contributed by atoms with Crippen LogP contribution in [0.1, 0.15) is 24.5 Å². The average molecular weight is 393 g/mol. The van der Waals surface area contributed by atoms with Crippen LogP contribution in [0.3, 0.4) is 0 Å². The highest BCUT2D eigenvalue weighted by Crippen LogP contribution is 2.35. The van der Waals surface area contributed by atoms with Crippen LogP contribution in [0.15, 0.2) is 42.5 Å². The Morgan fingerprint density at radius 1 is 1.08 bits per heavy atom. The molecule has 5 nitrogen and oxygen atoms in total. The second-order valence-electron chi connectivity index (χ2n) is 6.01. The van der Waals surface area contributed by atoms with E-state index in [4.69, 9.17) is 27.9 Å². The van der Waals surface area contributed by atoms with Gasteiger partial charge in [0, 0.05) is 15.6 Å². The lowest BCUT2D eigenvalue weighted by molar-refractivity contribution is -0.132. The van der Waals surface area contributed by atoms with E-state index in [1.165, 1.54) is 0 Å². The first-order valence-electron chi connectivity index (χ1n) is 8.14. The van der Waals surface area contributed by atoms with Crippen LogP contribution in [0, 0.1) is 0 Å². The predicted octanol–water partition coefficient (Wildman–Crippen LogP) is 4.36. The van der Waals surface area contributed by atoms with Crippen molar-refractivity contribution in [1.29, 1.82) is 0 Å². The van der Waals surface area contributed by atoms with E-state index in [9.17, 15) is 9.59 Å². The SMILES string of the molecule is CCC1(c2ccc(OC)cc2)NC(=O)N(Cc2c(Cl)cccc2Cl)C1=O. The van der Waals surface area contributed by atoms with Crippen molar-refractivity contribution < 1.29 is 14.3 Å². The molecule has 3 amide bonds. The molecule has 0 aromatic heterocycles. The number of rotatable bonds is 5. The molecule has 1 aliphatic heterocycles. The number of carbonyl (C=O) groups excluding carboxylic acids is 2. The minimum atomic E-state index is -1.11. The van der Waals surface area contributed by atoms with Crippen LogP contribution in [-0.2, 0) is 16.9 Å². The lowest BCUT2D eigenvalue weighted by atomic mass is 9.87. The van der Waals surface area contributed by atoms with E-state index >= 15 is 0 Å². The summed E-state index contributed by atoms with van der Waals surface area (Å²) in [4.78, 5) is 26.9. The molecule has 1 heterocycles. The average Bonchev–Trinajstić information content (AvgIpc) is 2.89. The van der Waals surface area contributed by atoms with Gasteiger partial charge in [0.2, 0.25) is 0 Å². The third kappa shape index (κ3) is 3.02. The van der Waals surface area contributed by atoms with Gasteiger partial charge in [0.15, 0.2) is 0 Å². The number of amides is 3. The van der Waals surface area contributed by atoms with Gasteiger partial charge in [-0.1, -0.05) is 48.3 Å². The summed E-state index contributed by atoms with van der Waals surface area (Å²) in [7, 11) is 1.57. The molecule has 0 aliphatic carbocycles. The maximum absolute atomic E-state index is 13.2. The van der Waals surface area contributed by atoms with E-state index in [1.807, 2.05) is 6.92 Å². The van der Waals surface area contributed by atoms with Gasteiger partial charge < -0.3 is 10.1 Å². The molecule has 1 atom stereocenters. The monoisotopic (exact) mass is 392 g/mol. The number of urea groups is 1. The number of carbonyl (C=O) groups is 2. The zero-order chi connectivity index (χ0) is 18.9. The second-order valence-corrected chi connectivity index (χ2v) is 6.82. The molecule has 7 heteroatoms. The van der Waals surface area contributed by atoms with Crippen LogP contribution in [0.4, 0.5) is 4.79 Å². The van der Waals surface area contributed by atoms with Gasteiger partial charge in [-0.25, -0.2) is 4.79 Å². The molecule has 26 heavy (non-hydrogen) atoms. The van der Waals surface area contributed by atoms with Crippen LogP contribution >= 0.6 is 23.2 Å². The Balaban J connectivity index is 1.95. The van der Waals surface area contributed by atoms with Crippen molar-refractivity contribution in [2.45, 2.75) is 25.4 Å². The number of halogens is 2. The first-order valence-corrected chi connectivity index (χ1v) is 8.90. The van der Waals surface area contributed by atoms with Crippen LogP contribution < -0.4 is 10.1 Å². The molecule has 0 bridgehead atoms. The van der Waals surface area contributed by atoms with Crippen LogP contribution in [0.5, 0.6) is 5.75 Å². The van der Waals surface area contributed by atoms with Gasteiger partial charge in [-0.2, -0.15) is 0 Å². The fourth-order valence-electron chi connectivity index (χ4n) is 3.13. The van der Waals surface area contributed by atoms with Crippen molar-refractivity contribution in [3.8, 4) is 5.75 Å². The van der Waals surface area contributed by atoms with Crippen LogP contribution in [0.2, 0.25) is 10.0 Å². The van der Waals surface area contributed by atoms with Gasteiger partial charge in [-0.05, 0) is 36.2 Å². The maximum atomic E-state index is 13.2. The van der Waals surface area contributed by atoms with Crippen molar-refractivity contribution in [2.24, 2.45) is 0 Å². The van der Waals surface area contributed by atoms with Gasteiger partial charge in [0.05, 0.1) is 13.7 Å². The van der Waals surface area contributed by atoms with Crippen molar-refractivity contribution in [3.63, 3.8) is 0 Å². The molecule has 3 rings (SSSR count). The predicted molar refractivity (Wildman–Crippen MR) is 101 cm³/mol. The Morgan fingerprint density at radius 3 is 2.23 bits per heavy atom. The van der Waals surface area contributed by atoms with Gasteiger partial charge >= 0.3 is 6.03 Å². The molecule has 1 saturated heterocycles. The normalized spacial score (nSPS) is 19.6. The Bertz CT molecular complexity index is 834. The number of hydrogen-bond donors (Lipinski definition) is 1. The summed E-state index contributed by atoms with van der Waals surface area (Å²) in [6, 6.07) is 11.7. The smallest absolute Gasteiger partial charge is 0.325 e. The van der Waals surface area contributed by atoms with E-state index < -0.39 is 11.6 Å². The highest BCUT2D eigenvalue weighted by atomic mass is 35.5. The minimum absolute atomic E-state index is 0.0150. The molecular formula is C19H18Cl2N2O3. The standard InChI is InChI=1S/C19H18Cl2N2O3/c1-3-19(12-7-9-13(26-2)10-8-12)17(24)23(18(25)22-19)11-14-15(20)5-4-6-16(14)21/h4-10H,3,11H2,1-2H3,(H,22,25). The van der Waals surface area contributed by atoms with Crippen LogP contribution in [0.25, 0.3) is 0 Å². The highest BCUT2D eigenvalue weighted by molar-refractivity contribution is 6.36. The van der Waals surface area contributed by atoms with Gasteiger partial charge in [-0.3, -0.25) is 9.69 Å². The van der Waals surface area contributed by atoms with Crippen molar-refractivity contribution in [2.75, 3.05) is 7.11 Å². The number of methoxy groups -OCH3 is 1. The van der Waals surface area contributed by atoms with Crippen molar-refractivity contribution in [1.82, 2.24) is 10.2 Å². The molecule has 136 valence electrons. The molecule has 1 N–H and O–H groups in total. The number of nitrogens with one attached hydrogen (secondary N) is 1. The number of benzene rings is 2. The summed E-state index contributed by atoms with van der Waals surface area (Å²) in [5, 5.41) is 3.67. The number of ether oxygens (including phenoxy) is 1. The quantitative estimate of drug-likeness (QED) is 0.768. The molecular weight excluding hydrogens is 375 g/mol. The zero-order valence-corrected chi connectivity index (χ0v) is 15.9. The van der Waals surface area contributed by atoms with Gasteiger partial charge in [-0.15, -0.1) is 0 Å². The Labute approximate surface area is 161 Å². The topological polar surface area (TPSA) is 58.6 Å². The number of hydrogen-bond acceptors (Lipinski definition) is 3. The van der Waals surface area contributed by atoms with E-state index in [1.54, 1.807) is 49.6 Å². The van der Waals surface area contributed by atoms with E-state index in [-0.39, 0.29) is 12.5 Å². The highest BCUT2D eigenvalue weighted by Gasteiger charge is 2.51. The largest absolute Gasteiger partial charge is 0.497 e. The van der Waals surface area contributed by atoms with Crippen LogP contribution in [-0.4, -0.2) is 23.9 Å². The van der Waals surface area contributed by atoms with Gasteiger partial charge in [0.1, 0.15) is 11.3 Å². The third-order valence-corrected chi connectivity index (χ3v) is 5.37. The fourth-order valence-corrected chi connectivity index (χ4v) is 3.64. The fraction of sp³-hybridized carbons (Fsp3) is 0.263.